The van der Waals surface area contributed by atoms with Crippen molar-refractivity contribution >= 4 is 27.3 Å². The van der Waals surface area contributed by atoms with Crippen LogP contribution in [0.1, 0.15) is 50.6 Å². The first-order valence-electron chi connectivity index (χ1n) is 6.86. The van der Waals surface area contributed by atoms with Crippen molar-refractivity contribution in [1.29, 1.82) is 0 Å². The van der Waals surface area contributed by atoms with Gasteiger partial charge in [0.2, 0.25) is 5.92 Å². The Balaban J connectivity index is 2.08. The maximum absolute atomic E-state index is 13.3. The fourth-order valence-corrected chi connectivity index (χ4v) is 4.32. The van der Waals surface area contributed by atoms with Crippen molar-refractivity contribution < 1.29 is 8.78 Å². The zero-order chi connectivity index (χ0) is 13.9. The number of halogens is 3. The van der Waals surface area contributed by atoms with E-state index >= 15 is 0 Å². The van der Waals surface area contributed by atoms with E-state index in [0.717, 1.165) is 17.4 Å². The molecule has 1 fully saturated rings. The third-order valence-electron chi connectivity index (χ3n) is 3.82. The highest BCUT2D eigenvalue weighted by Crippen LogP contribution is 2.43. The van der Waals surface area contributed by atoms with Crippen LogP contribution in [-0.4, -0.2) is 12.5 Å². The summed E-state index contributed by atoms with van der Waals surface area (Å²) in [4.78, 5) is 0. The third kappa shape index (κ3) is 3.99. The molecule has 1 aromatic rings. The van der Waals surface area contributed by atoms with Gasteiger partial charge in [0, 0.05) is 28.7 Å². The number of nitrogens with one attached hydrogen (secondary N) is 1. The van der Waals surface area contributed by atoms with Crippen molar-refractivity contribution in [2.75, 3.05) is 6.54 Å². The summed E-state index contributed by atoms with van der Waals surface area (Å²) >= 11 is 5.23. The molecule has 1 heterocycles. The summed E-state index contributed by atoms with van der Waals surface area (Å²) in [5, 5.41) is 7.73. The Bertz CT molecular complexity index is 398. The predicted octanol–water partition coefficient (Wildman–Crippen LogP) is 5.38. The second kappa shape index (κ2) is 6.64. The van der Waals surface area contributed by atoms with Crippen molar-refractivity contribution in [3.05, 3.63) is 20.8 Å². The second-order valence-electron chi connectivity index (χ2n) is 5.30. The van der Waals surface area contributed by atoms with Gasteiger partial charge in [-0.3, -0.25) is 0 Å². The fraction of sp³-hybridized carbons (Fsp3) is 0.714. The van der Waals surface area contributed by atoms with Crippen molar-refractivity contribution in [2.24, 2.45) is 5.92 Å². The van der Waals surface area contributed by atoms with Crippen LogP contribution in [0.3, 0.4) is 0 Å². The van der Waals surface area contributed by atoms with Gasteiger partial charge in [0.15, 0.2) is 0 Å². The summed E-state index contributed by atoms with van der Waals surface area (Å²) in [6.07, 6.45) is 2.34. The van der Waals surface area contributed by atoms with Gasteiger partial charge in [-0.25, -0.2) is 8.78 Å². The maximum atomic E-state index is 13.3. The molecule has 1 saturated carbocycles. The van der Waals surface area contributed by atoms with Gasteiger partial charge in [0.25, 0.3) is 0 Å². The van der Waals surface area contributed by atoms with Gasteiger partial charge < -0.3 is 5.32 Å². The quantitative estimate of drug-likeness (QED) is 0.751. The average molecular weight is 352 g/mol. The topological polar surface area (TPSA) is 12.0 Å². The van der Waals surface area contributed by atoms with Crippen LogP contribution in [0.15, 0.2) is 15.2 Å². The fourth-order valence-electron chi connectivity index (χ4n) is 2.74. The van der Waals surface area contributed by atoms with E-state index in [1.54, 1.807) is 11.3 Å². The van der Waals surface area contributed by atoms with E-state index in [2.05, 4.69) is 38.9 Å². The van der Waals surface area contributed by atoms with Crippen LogP contribution in [0.4, 0.5) is 8.78 Å². The molecule has 1 nitrogen and oxygen atoms in total. The number of hydrogen-bond acceptors (Lipinski definition) is 2. The molecule has 19 heavy (non-hydrogen) atoms. The normalized spacial score (nSPS) is 21.5. The van der Waals surface area contributed by atoms with Crippen LogP contribution in [0, 0.1) is 5.92 Å². The van der Waals surface area contributed by atoms with E-state index in [1.165, 1.54) is 5.56 Å². The number of alkyl halides is 2. The smallest absolute Gasteiger partial charge is 0.248 e. The Morgan fingerprint density at radius 2 is 2.11 bits per heavy atom. The monoisotopic (exact) mass is 351 g/mol. The first kappa shape index (κ1) is 15.4. The molecule has 108 valence electrons. The molecule has 2 rings (SSSR count). The molecule has 0 amide bonds. The van der Waals surface area contributed by atoms with E-state index in [0.29, 0.717) is 18.8 Å². The van der Waals surface area contributed by atoms with Crippen molar-refractivity contribution in [1.82, 2.24) is 5.32 Å². The Hall–Kier alpha value is -0.000000000000000111. The molecule has 5 heteroatoms. The molecule has 0 aliphatic heterocycles. The lowest BCUT2D eigenvalue weighted by molar-refractivity contribution is -0.0497. The van der Waals surface area contributed by atoms with Gasteiger partial charge in [-0.1, -0.05) is 6.92 Å². The zero-order valence-electron chi connectivity index (χ0n) is 11.1. The lowest BCUT2D eigenvalue weighted by Crippen LogP contribution is -2.34. The minimum absolute atomic E-state index is 0.0315. The number of thiophene rings is 1. The van der Waals surface area contributed by atoms with Crippen LogP contribution in [0.25, 0.3) is 0 Å². The van der Waals surface area contributed by atoms with Crippen LogP contribution >= 0.6 is 27.3 Å². The molecule has 1 aliphatic rings. The molecule has 1 unspecified atom stereocenters. The highest BCUT2D eigenvalue weighted by atomic mass is 79.9. The zero-order valence-corrected chi connectivity index (χ0v) is 13.5. The second-order valence-corrected chi connectivity index (χ2v) is 6.90. The Morgan fingerprint density at radius 3 is 2.63 bits per heavy atom. The van der Waals surface area contributed by atoms with E-state index in [9.17, 15) is 8.78 Å². The Morgan fingerprint density at radius 1 is 1.42 bits per heavy atom. The summed E-state index contributed by atoms with van der Waals surface area (Å²) in [6.45, 7) is 3.06. The molecular weight excluding hydrogens is 332 g/mol. The molecule has 1 aliphatic carbocycles. The molecule has 0 bridgehead atoms. The molecule has 0 spiro atoms. The van der Waals surface area contributed by atoms with Crippen LogP contribution < -0.4 is 5.32 Å². The molecular formula is C14H20BrF2NS. The van der Waals surface area contributed by atoms with E-state index < -0.39 is 5.92 Å². The summed E-state index contributed by atoms with van der Waals surface area (Å²) < 4.78 is 27.7. The molecule has 1 aromatic heterocycles. The van der Waals surface area contributed by atoms with Crippen LogP contribution in [0.2, 0.25) is 0 Å². The maximum Gasteiger partial charge on any atom is 0.248 e. The van der Waals surface area contributed by atoms with Gasteiger partial charge in [-0.15, -0.1) is 0 Å². The van der Waals surface area contributed by atoms with Gasteiger partial charge in [0.1, 0.15) is 0 Å². The highest BCUT2D eigenvalue weighted by molar-refractivity contribution is 9.10. The SMILES string of the molecule is CCCNC(c1cscc1Br)C1CCC(F)(F)CC1. The summed E-state index contributed by atoms with van der Waals surface area (Å²) in [6, 6.07) is 0.205. The minimum atomic E-state index is -2.45. The minimum Gasteiger partial charge on any atom is -0.310 e. The third-order valence-corrected chi connectivity index (χ3v) is 5.58. The summed E-state index contributed by atoms with van der Waals surface area (Å²) in [5.41, 5.74) is 1.23. The van der Waals surface area contributed by atoms with E-state index in [4.69, 9.17) is 0 Å². The first-order valence-corrected chi connectivity index (χ1v) is 8.60. The number of rotatable bonds is 5. The average Bonchev–Trinajstić information content (AvgIpc) is 2.78. The Kier molecular flexibility index (Phi) is 5.37. The summed E-state index contributed by atoms with van der Waals surface area (Å²) in [7, 11) is 0. The molecule has 1 atom stereocenters. The van der Waals surface area contributed by atoms with Gasteiger partial charge in [-0.05, 0) is 58.6 Å². The van der Waals surface area contributed by atoms with Gasteiger partial charge >= 0.3 is 0 Å². The van der Waals surface area contributed by atoms with Crippen LogP contribution in [-0.2, 0) is 0 Å². The van der Waals surface area contributed by atoms with Crippen molar-refractivity contribution in [3.63, 3.8) is 0 Å². The van der Waals surface area contributed by atoms with Crippen LogP contribution in [0.5, 0.6) is 0 Å². The van der Waals surface area contributed by atoms with Crippen molar-refractivity contribution in [3.8, 4) is 0 Å². The van der Waals surface area contributed by atoms with Crippen molar-refractivity contribution in [2.45, 2.75) is 51.0 Å². The molecule has 0 radical (unpaired) electrons. The number of hydrogen-bond donors (Lipinski definition) is 1. The predicted molar refractivity (Wildman–Crippen MR) is 80.0 cm³/mol. The van der Waals surface area contributed by atoms with E-state index in [-0.39, 0.29) is 18.9 Å². The molecule has 0 aromatic carbocycles. The largest absolute Gasteiger partial charge is 0.310 e. The Labute approximate surface area is 125 Å². The van der Waals surface area contributed by atoms with Gasteiger partial charge in [-0.2, -0.15) is 11.3 Å². The standard InChI is InChI=1S/C14H20BrF2NS/c1-2-7-18-13(11-8-19-9-12(11)15)10-3-5-14(16,17)6-4-10/h8-10,13,18H,2-7H2,1H3. The highest BCUT2D eigenvalue weighted by Gasteiger charge is 2.38. The lowest BCUT2D eigenvalue weighted by atomic mass is 9.80. The summed E-state index contributed by atoms with van der Waals surface area (Å²) in [5.74, 6) is -2.13. The molecule has 0 saturated heterocycles. The van der Waals surface area contributed by atoms with E-state index in [1.807, 2.05) is 0 Å². The first-order chi connectivity index (χ1) is 9.03. The lowest BCUT2D eigenvalue weighted by Gasteiger charge is -2.34. The van der Waals surface area contributed by atoms with Gasteiger partial charge in [0.05, 0.1) is 0 Å². The molecule has 1 N–H and O–H groups in total.